The molecule has 4 rings (SSSR count). The Morgan fingerprint density at radius 3 is 2.74 bits per heavy atom. The van der Waals surface area contributed by atoms with Gasteiger partial charge in [-0.1, -0.05) is 0 Å². The molecule has 2 aromatic rings. The molecule has 3 heterocycles. The molecule has 0 amide bonds. The minimum absolute atomic E-state index is 0.00541. The standard InChI is InChI=1S/C23H28FN3O4/c1-14-17(23(31)27-9-2-3-19(28)22(27)25-14)8-12-26-10-6-15(7-11-26)21(30)18-5-4-16(24)13-20(18)29/h4-5,13,15,19,28-29H,2-3,6-12H2,1H3/i8D2,12D2. The number of aliphatic hydroxyl groups excluding tert-OH is 1. The van der Waals surface area contributed by atoms with Crippen LogP contribution in [0.2, 0.25) is 0 Å². The number of halogens is 1. The number of fused-ring (bicyclic) bond motifs is 1. The van der Waals surface area contributed by atoms with Crippen LogP contribution < -0.4 is 5.56 Å². The highest BCUT2D eigenvalue weighted by molar-refractivity contribution is 6.00. The van der Waals surface area contributed by atoms with E-state index in [1.165, 1.54) is 22.5 Å². The molecule has 1 saturated heterocycles. The van der Waals surface area contributed by atoms with Gasteiger partial charge in [0.25, 0.3) is 5.56 Å². The molecular weight excluding hydrogens is 401 g/mol. The number of aryl methyl sites for hydroxylation is 1. The van der Waals surface area contributed by atoms with Gasteiger partial charge in [-0.05, 0) is 64.2 Å². The lowest BCUT2D eigenvalue weighted by Crippen LogP contribution is -2.39. The summed E-state index contributed by atoms with van der Waals surface area (Å²) in [7, 11) is 0. The van der Waals surface area contributed by atoms with Crippen LogP contribution >= 0.6 is 0 Å². The number of likely N-dealkylation sites (tertiary alicyclic amines) is 1. The second kappa shape index (κ2) is 8.88. The number of phenolic OH excluding ortho intramolecular Hbond substituents is 1. The molecule has 2 N–H and O–H groups in total. The van der Waals surface area contributed by atoms with E-state index in [0.29, 0.717) is 12.8 Å². The third-order valence-corrected chi connectivity index (χ3v) is 5.97. The Morgan fingerprint density at radius 1 is 1.29 bits per heavy atom. The second-order valence-electron chi connectivity index (χ2n) is 8.07. The van der Waals surface area contributed by atoms with E-state index < -0.39 is 42.0 Å². The van der Waals surface area contributed by atoms with E-state index in [1.807, 2.05) is 0 Å². The number of carbonyl (C=O) groups excluding carboxylic acids is 1. The number of hydrogen-bond donors (Lipinski definition) is 2. The van der Waals surface area contributed by atoms with Crippen molar-refractivity contribution >= 4 is 5.78 Å². The monoisotopic (exact) mass is 433 g/mol. The Bertz CT molecular complexity index is 1210. The first-order valence-electron chi connectivity index (χ1n) is 12.4. The quantitative estimate of drug-likeness (QED) is 0.703. The molecule has 1 aromatic heterocycles. The molecule has 1 fully saturated rings. The molecule has 166 valence electrons. The number of aromatic nitrogens is 2. The van der Waals surface area contributed by atoms with E-state index in [9.17, 15) is 24.2 Å². The summed E-state index contributed by atoms with van der Waals surface area (Å²) in [4.78, 5) is 31.6. The number of hydrogen-bond acceptors (Lipinski definition) is 6. The molecule has 8 heteroatoms. The molecule has 1 atom stereocenters. The summed E-state index contributed by atoms with van der Waals surface area (Å²) in [6.45, 7) is -0.793. The molecule has 0 spiro atoms. The molecule has 0 radical (unpaired) electrons. The minimum Gasteiger partial charge on any atom is -0.507 e. The zero-order valence-corrected chi connectivity index (χ0v) is 17.3. The van der Waals surface area contributed by atoms with Gasteiger partial charge in [-0.25, -0.2) is 9.37 Å². The van der Waals surface area contributed by atoms with Gasteiger partial charge < -0.3 is 15.1 Å². The lowest BCUT2D eigenvalue weighted by atomic mass is 9.88. The first-order valence-corrected chi connectivity index (χ1v) is 10.4. The van der Waals surface area contributed by atoms with Crippen LogP contribution in [0.1, 0.15) is 64.7 Å². The van der Waals surface area contributed by atoms with Crippen molar-refractivity contribution in [2.24, 2.45) is 5.92 Å². The molecule has 1 unspecified atom stereocenters. The van der Waals surface area contributed by atoms with Crippen LogP contribution in [0.15, 0.2) is 23.0 Å². The number of carbonyl (C=O) groups is 1. The summed E-state index contributed by atoms with van der Waals surface area (Å²) >= 11 is 0. The Hall–Kier alpha value is -2.58. The lowest BCUT2D eigenvalue weighted by Gasteiger charge is -2.31. The molecule has 1 aromatic carbocycles. The Kier molecular flexibility index (Phi) is 4.88. The van der Waals surface area contributed by atoms with E-state index >= 15 is 0 Å². The molecule has 2 aliphatic rings. The number of aromatic hydroxyl groups is 1. The summed E-state index contributed by atoms with van der Waals surface area (Å²) in [5.74, 6) is -1.87. The SMILES string of the molecule is [2H]C([2H])(c1c(C)nc2n(c1=O)CCCC2O)C([2H])([2H])N1CCC(C(=O)c2ccc(F)cc2O)CC1. The number of piperidine rings is 1. The van der Waals surface area contributed by atoms with Gasteiger partial charge in [0.15, 0.2) is 5.78 Å². The van der Waals surface area contributed by atoms with Gasteiger partial charge in [-0.15, -0.1) is 0 Å². The molecular formula is C23H28FN3O4. The molecule has 0 saturated carbocycles. The number of aliphatic hydroxyl groups is 1. The van der Waals surface area contributed by atoms with Crippen molar-refractivity contribution < 1.29 is 24.9 Å². The van der Waals surface area contributed by atoms with Gasteiger partial charge >= 0.3 is 0 Å². The summed E-state index contributed by atoms with van der Waals surface area (Å²) < 4.78 is 49.1. The van der Waals surface area contributed by atoms with Gasteiger partial charge in [0.1, 0.15) is 23.5 Å². The fourth-order valence-corrected chi connectivity index (χ4v) is 4.19. The number of phenols is 1. The van der Waals surface area contributed by atoms with E-state index in [1.54, 1.807) is 0 Å². The van der Waals surface area contributed by atoms with Crippen molar-refractivity contribution in [3.8, 4) is 5.75 Å². The van der Waals surface area contributed by atoms with E-state index in [2.05, 4.69) is 4.98 Å². The highest BCUT2D eigenvalue weighted by atomic mass is 19.1. The van der Waals surface area contributed by atoms with Gasteiger partial charge in [-0.2, -0.15) is 0 Å². The first kappa shape index (κ1) is 17.0. The van der Waals surface area contributed by atoms with Crippen LogP contribution in [0.5, 0.6) is 5.75 Å². The van der Waals surface area contributed by atoms with Crippen LogP contribution in [0, 0.1) is 18.7 Å². The maximum Gasteiger partial charge on any atom is 0.257 e. The van der Waals surface area contributed by atoms with Crippen LogP contribution in [-0.2, 0) is 12.9 Å². The van der Waals surface area contributed by atoms with Gasteiger partial charge in [0, 0.05) is 41.8 Å². The fourth-order valence-electron chi connectivity index (χ4n) is 4.19. The Labute approximate surface area is 185 Å². The maximum absolute atomic E-state index is 13.3. The number of nitrogens with zero attached hydrogens (tertiary/aromatic N) is 3. The van der Waals surface area contributed by atoms with Gasteiger partial charge in [-0.3, -0.25) is 14.2 Å². The predicted molar refractivity (Wildman–Crippen MR) is 113 cm³/mol. The van der Waals surface area contributed by atoms with Gasteiger partial charge in [0.05, 0.1) is 5.56 Å². The fraction of sp³-hybridized carbons (Fsp3) is 0.522. The summed E-state index contributed by atoms with van der Waals surface area (Å²) in [5, 5.41) is 20.1. The summed E-state index contributed by atoms with van der Waals surface area (Å²) in [5.41, 5.74) is -1.05. The van der Waals surface area contributed by atoms with Gasteiger partial charge in [0.2, 0.25) is 0 Å². The van der Waals surface area contributed by atoms with Crippen molar-refractivity contribution in [1.29, 1.82) is 0 Å². The topological polar surface area (TPSA) is 95.7 Å². The second-order valence-corrected chi connectivity index (χ2v) is 8.07. The first-order chi connectivity index (χ1) is 16.4. The van der Waals surface area contributed by atoms with Crippen LogP contribution in [-0.4, -0.2) is 50.0 Å². The lowest BCUT2D eigenvalue weighted by molar-refractivity contribution is 0.0838. The van der Waals surface area contributed by atoms with E-state index in [0.717, 1.165) is 12.1 Å². The van der Waals surface area contributed by atoms with Crippen molar-refractivity contribution in [2.75, 3.05) is 19.6 Å². The smallest absolute Gasteiger partial charge is 0.257 e. The molecule has 0 aliphatic carbocycles. The predicted octanol–water partition coefficient (Wildman–Crippen LogP) is 2.36. The van der Waals surface area contributed by atoms with E-state index in [-0.39, 0.29) is 60.9 Å². The maximum atomic E-state index is 13.3. The summed E-state index contributed by atoms with van der Waals surface area (Å²) in [6.07, 6.45) is -2.27. The zero-order valence-electron chi connectivity index (χ0n) is 21.3. The molecule has 7 nitrogen and oxygen atoms in total. The van der Waals surface area contributed by atoms with Crippen molar-refractivity contribution in [3.63, 3.8) is 0 Å². The Morgan fingerprint density at radius 2 is 2.03 bits per heavy atom. The third-order valence-electron chi connectivity index (χ3n) is 5.97. The number of ketones is 1. The average molecular weight is 434 g/mol. The third kappa shape index (κ3) is 4.41. The van der Waals surface area contributed by atoms with Crippen molar-refractivity contribution in [2.45, 2.75) is 51.6 Å². The average Bonchev–Trinajstić information content (AvgIpc) is 2.79. The molecule has 2 aliphatic heterocycles. The highest BCUT2D eigenvalue weighted by Crippen LogP contribution is 2.27. The largest absolute Gasteiger partial charge is 0.507 e. The number of benzene rings is 1. The Balaban J connectivity index is 1.56. The van der Waals surface area contributed by atoms with Crippen LogP contribution in [0.4, 0.5) is 4.39 Å². The van der Waals surface area contributed by atoms with Crippen molar-refractivity contribution in [3.05, 3.63) is 57.0 Å². The van der Waals surface area contributed by atoms with E-state index in [4.69, 9.17) is 5.48 Å². The number of Topliss-reactive ketones (excluding diaryl/α,β-unsaturated/α-hetero) is 1. The minimum atomic E-state index is -2.72. The summed E-state index contributed by atoms with van der Waals surface area (Å²) in [6, 6.07) is 3.16. The normalized spacial score (nSPS) is 22.7. The zero-order chi connectivity index (χ0) is 25.7. The molecule has 31 heavy (non-hydrogen) atoms. The van der Waals surface area contributed by atoms with Crippen LogP contribution in [0.3, 0.4) is 0 Å². The molecule has 0 bridgehead atoms. The highest BCUT2D eigenvalue weighted by Gasteiger charge is 2.28. The van der Waals surface area contributed by atoms with Crippen LogP contribution in [0.25, 0.3) is 0 Å². The number of rotatable bonds is 5. The van der Waals surface area contributed by atoms with Crippen molar-refractivity contribution in [1.82, 2.24) is 14.5 Å².